The van der Waals surface area contributed by atoms with Gasteiger partial charge in [0.05, 0.1) is 12.1 Å². The van der Waals surface area contributed by atoms with Crippen molar-refractivity contribution >= 4 is 38.7 Å². The third-order valence-corrected chi connectivity index (χ3v) is 6.90. The molecule has 6 heteroatoms. The molecule has 1 heterocycles. The van der Waals surface area contributed by atoms with Crippen LogP contribution >= 0.6 is 15.9 Å². The van der Waals surface area contributed by atoms with Gasteiger partial charge in [0.25, 0.3) is 5.91 Å². The smallest absolute Gasteiger partial charge is 0.290 e. The molecule has 0 aliphatic heterocycles. The Bertz CT molecular complexity index is 926. The number of hydrogen-bond acceptors (Lipinski definition) is 3. The lowest BCUT2D eigenvalue weighted by molar-refractivity contribution is -0.117. The fourth-order valence-electron chi connectivity index (χ4n) is 4.35. The molecule has 31 heavy (non-hydrogen) atoms. The van der Waals surface area contributed by atoms with Crippen LogP contribution in [-0.4, -0.2) is 39.2 Å². The number of ketones is 1. The molecule has 0 unspecified atom stereocenters. The zero-order valence-electron chi connectivity index (χ0n) is 19.4. The Balaban J connectivity index is 0.000000330. The number of imidazole rings is 1. The molecule has 4 rings (SSSR count). The van der Waals surface area contributed by atoms with Crippen LogP contribution in [0.15, 0.2) is 16.6 Å². The van der Waals surface area contributed by atoms with Crippen molar-refractivity contribution in [3.05, 3.63) is 28.0 Å². The molecule has 0 spiro atoms. The Hall–Kier alpha value is -1.69. The molecule has 5 nitrogen and oxygen atoms in total. The van der Waals surface area contributed by atoms with E-state index in [4.69, 9.17) is 0 Å². The van der Waals surface area contributed by atoms with Gasteiger partial charge >= 0.3 is 0 Å². The van der Waals surface area contributed by atoms with E-state index in [0.29, 0.717) is 18.3 Å². The van der Waals surface area contributed by atoms with Crippen molar-refractivity contribution in [2.75, 3.05) is 13.1 Å². The van der Waals surface area contributed by atoms with Crippen LogP contribution < -0.4 is 0 Å². The first kappa shape index (κ1) is 24.0. The number of rotatable bonds is 6. The number of hydrogen-bond donors (Lipinski definition) is 0. The van der Waals surface area contributed by atoms with Crippen molar-refractivity contribution in [3.63, 3.8) is 0 Å². The molecule has 2 aliphatic rings. The Labute approximate surface area is 194 Å². The van der Waals surface area contributed by atoms with E-state index in [0.717, 1.165) is 27.8 Å². The van der Waals surface area contributed by atoms with Crippen LogP contribution in [0.1, 0.15) is 94.2 Å². The van der Waals surface area contributed by atoms with E-state index >= 15 is 0 Å². The van der Waals surface area contributed by atoms with Crippen LogP contribution in [0.3, 0.4) is 0 Å². The van der Waals surface area contributed by atoms with Crippen LogP contribution in [-0.2, 0) is 11.8 Å². The first-order valence-corrected chi connectivity index (χ1v) is 12.6. The topological polar surface area (TPSA) is 55.2 Å². The minimum Gasteiger partial charge on any atom is -0.329 e. The number of carbonyl (C=O) groups is 2. The summed E-state index contributed by atoms with van der Waals surface area (Å²) in [5, 5.41) is 0. The largest absolute Gasteiger partial charge is 0.329 e. The molecular formula is C25H36BrN3O2. The molecule has 0 bridgehead atoms. The Morgan fingerprint density at radius 2 is 1.84 bits per heavy atom. The van der Waals surface area contributed by atoms with Crippen LogP contribution in [0, 0.1) is 5.92 Å². The molecule has 0 saturated heterocycles. The Morgan fingerprint density at radius 1 is 1.16 bits per heavy atom. The number of aromatic nitrogens is 2. The van der Waals surface area contributed by atoms with Gasteiger partial charge in [-0.2, -0.15) is 0 Å². The summed E-state index contributed by atoms with van der Waals surface area (Å²) in [4.78, 5) is 30.5. The second kappa shape index (κ2) is 10.8. The predicted molar refractivity (Wildman–Crippen MR) is 130 cm³/mol. The number of aryl methyl sites for hydroxylation is 1. The highest BCUT2D eigenvalue weighted by Crippen LogP contribution is 2.42. The average Bonchev–Trinajstić information content (AvgIpc) is 3.52. The zero-order valence-corrected chi connectivity index (χ0v) is 21.0. The minimum absolute atomic E-state index is 0.0206. The van der Waals surface area contributed by atoms with Gasteiger partial charge in [-0.05, 0) is 71.6 Å². The normalized spacial score (nSPS) is 16.7. The maximum atomic E-state index is 12.9. The van der Waals surface area contributed by atoms with Gasteiger partial charge in [-0.15, -0.1) is 0 Å². The highest BCUT2D eigenvalue weighted by atomic mass is 79.9. The van der Waals surface area contributed by atoms with Crippen molar-refractivity contribution in [1.82, 2.24) is 14.5 Å². The first-order valence-electron chi connectivity index (χ1n) is 11.8. The van der Waals surface area contributed by atoms with Crippen molar-refractivity contribution in [1.29, 1.82) is 0 Å². The summed E-state index contributed by atoms with van der Waals surface area (Å²) in [6.07, 6.45) is 10.7. The number of nitrogens with zero attached hydrogens (tertiary/aromatic N) is 3. The monoisotopic (exact) mass is 489 g/mol. The predicted octanol–water partition coefficient (Wildman–Crippen LogP) is 6.24. The second-order valence-electron chi connectivity index (χ2n) is 9.31. The highest BCUT2D eigenvalue weighted by molar-refractivity contribution is 9.10. The van der Waals surface area contributed by atoms with E-state index in [-0.39, 0.29) is 18.2 Å². The van der Waals surface area contributed by atoms with Crippen molar-refractivity contribution < 1.29 is 9.59 Å². The average molecular weight is 490 g/mol. The fourth-order valence-corrected chi connectivity index (χ4v) is 4.91. The van der Waals surface area contributed by atoms with Crippen molar-refractivity contribution in [2.45, 2.75) is 78.1 Å². The summed E-state index contributed by atoms with van der Waals surface area (Å²) in [6, 6.07) is 4.25. The SMILES string of the molecule is CC1CCCCC1.CCCN(CC(C)=O)C(=O)c1nc2c(Br)cc(C3CC3)cc2n1C. The van der Waals surface area contributed by atoms with Crippen LogP contribution in [0.25, 0.3) is 11.0 Å². The van der Waals surface area contributed by atoms with Crippen molar-refractivity contribution in [3.8, 4) is 0 Å². The highest BCUT2D eigenvalue weighted by Gasteiger charge is 2.27. The molecule has 0 radical (unpaired) electrons. The summed E-state index contributed by atoms with van der Waals surface area (Å²) in [5.41, 5.74) is 3.05. The van der Waals surface area contributed by atoms with Gasteiger partial charge in [0, 0.05) is 18.1 Å². The number of fused-ring (bicyclic) bond motifs is 1. The zero-order chi connectivity index (χ0) is 22.5. The fraction of sp³-hybridized carbons (Fsp3) is 0.640. The lowest BCUT2D eigenvalue weighted by Gasteiger charge is -2.20. The lowest BCUT2D eigenvalue weighted by Crippen LogP contribution is -2.37. The molecule has 2 aromatic rings. The van der Waals surface area contributed by atoms with E-state index in [1.54, 1.807) is 4.90 Å². The molecule has 2 aliphatic carbocycles. The van der Waals surface area contributed by atoms with Gasteiger partial charge in [0.2, 0.25) is 0 Å². The third-order valence-electron chi connectivity index (χ3n) is 6.29. The van der Waals surface area contributed by atoms with E-state index in [1.165, 1.54) is 57.4 Å². The van der Waals surface area contributed by atoms with Gasteiger partial charge in [0.15, 0.2) is 5.82 Å². The summed E-state index contributed by atoms with van der Waals surface area (Å²) < 4.78 is 2.77. The molecular weight excluding hydrogens is 454 g/mol. The van der Waals surface area contributed by atoms with Gasteiger partial charge in [-0.1, -0.05) is 46.0 Å². The standard InChI is InChI=1S/C18H22BrN3O2.C7H14/c1-4-7-22(10-11(2)23)18(24)17-20-16-14(19)8-13(12-5-6-12)9-15(16)21(17)3;1-7-5-3-2-4-6-7/h8-9,12H,4-7,10H2,1-3H3;7H,2-6H2,1H3. The molecule has 0 atom stereocenters. The molecule has 1 amide bonds. The quantitative estimate of drug-likeness (QED) is 0.482. The lowest BCUT2D eigenvalue weighted by atomic mass is 9.91. The molecule has 1 aromatic heterocycles. The number of benzene rings is 1. The molecule has 2 saturated carbocycles. The van der Waals surface area contributed by atoms with Gasteiger partial charge in [0.1, 0.15) is 11.3 Å². The van der Waals surface area contributed by atoms with Gasteiger partial charge in [-0.25, -0.2) is 4.98 Å². The second-order valence-corrected chi connectivity index (χ2v) is 10.2. The number of Topliss-reactive ketones (excluding diaryl/α,β-unsaturated/α-hetero) is 1. The van der Waals surface area contributed by atoms with E-state index in [9.17, 15) is 9.59 Å². The minimum atomic E-state index is -0.189. The summed E-state index contributed by atoms with van der Waals surface area (Å²) >= 11 is 3.59. The van der Waals surface area contributed by atoms with Gasteiger partial charge < -0.3 is 9.47 Å². The van der Waals surface area contributed by atoms with E-state index in [2.05, 4.69) is 40.0 Å². The Morgan fingerprint density at radius 3 is 2.35 bits per heavy atom. The molecule has 170 valence electrons. The summed E-state index contributed by atoms with van der Waals surface area (Å²) in [7, 11) is 1.86. The maximum absolute atomic E-state index is 12.9. The van der Waals surface area contributed by atoms with E-state index < -0.39 is 0 Å². The summed E-state index contributed by atoms with van der Waals surface area (Å²) in [5.74, 6) is 1.84. The maximum Gasteiger partial charge on any atom is 0.290 e. The number of carbonyl (C=O) groups excluding carboxylic acids is 2. The molecule has 2 fully saturated rings. The summed E-state index contributed by atoms with van der Waals surface area (Å²) in [6.45, 7) is 6.54. The number of amides is 1. The number of halogens is 1. The first-order chi connectivity index (χ1) is 14.8. The van der Waals surface area contributed by atoms with Crippen LogP contribution in [0.5, 0.6) is 0 Å². The van der Waals surface area contributed by atoms with E-state index in [1.807, 2.05) is 18.5 Å². The Kier molecular flexibility index (Phi) is 8.31. The van der Waals surface area contributed by atoms with Crippen molar-refractivity contribution in [2.24, 2.45) is 13.0 Å². The van der Waals surface area contributed by atoms with Crippen LogP contribution in [0.2, 0.25) is 0 Å². The van der Waals surface area contributed by atoms with Crippen LogP contribution in [0.4, 0.5) is 0 Å². The molecule has 0 N–H and O–H groups in total. The van der Waals surface area contributed by atoms with Gasteiger partial charge in [-0.3, -0.25) is 9.59 Å². The molecule has 1 aromatic carbocycles. The third kappa shape index (κ3) is 6.18.